The highest BCUT2D eigenvalue weighted by Crippen LogP contribution is 2.47. The summed E-state index contributed by atoms with van der Waals surface area (Å²) in [6.45, 7) is 22.2. The van der Waals surface area contributed by atoms with Crippen molar-refractivity contribution in [1.82, 2.24) is 4.57 Å². The first-order chi connectivity index (χ1) is 20.5. The first-order valence-corrected chi connectivity index (χ1v) is 15.9. The van der Waals surface area contributed by atoms with Crippen LogP contribution in [-0.2, 0) is 18.6 Å². The van der Waals surface area contributed by atoms with Gasteiger partial charge in [0.1, 0.15) is 11.6 Å². The summed E-state index contributed by atoms with van der Waals surface area (Å²) >= 11 is 1.63. The number of thiophene rings is 1. The summed E-state index contributed by atoms with van der Waals surface area (Å²) < 4.78 is 50.3. The molecule has 228 valence electrons. The van der Waals surface area contributed by atoms with E-state index in [-0.39, 0.29) is 0 Å². The molecule has 0 spiro atoms. The summed E-state index contributed by atoms with van der Waals surface area (Å²) in [5, 5.41) is 0.944. The minimum absolute atomic E-state index is 0.394. The van der Waals surface area contributed by atoms with Crippen molar-refractivity contribution in [2.45, 2.75) is 90.9 Å². The number of rotatable bonds is 4. The number of benzene rings is 2. The Balaban J connectivity index is 1.37. The molecule has 0 radical (unpaired) electrons. The quantitative estimate of drug-likeness (QED) is 0.231. The number of halogens is 1. The molecule has 3 aliphatic heterocycles. The molecule has 5 heterocycles. The number of allylic oxidation sites excluding steroid dienone is 1. The molecule has 3 aliphatic rings. The van der Waals surface area contributed by atoms with E-state index in [2.05, 4.69) is 29.3 Å². The molecule has 1 unspecified atom stereocenters. The van der Waals surface area contributed by atoms with Crippen LogP contribution in [0.1, 0.15) is 78.3 Å². The second-order valence-corrected chi connectivity index (χ2v) is 15.3. The fourth-order valence-electron chi connectivity index (χ4n) is 5.96. The number of nitrogens with zero attached hydrogens (tertiary/aromatic N) is 1. The highest BCUT2D eigenvalue weighted by molar-refractivity contribution is 7.13. The van der Waals surface area contributed by atoms with Gasteiger partial charge in [-0.25, -0.2) is 4.39 Å². The molecule has 2 saturated heterocycles. The SMILES string of the molecule is C=C(C)c1ccc(C2Oc3cc(B4OC(C)(C)C(C)(C)O4)cc(F)c3-c3cc4cc(B5OC(C)(C)C(C)(C)O5)ccc4n32)s1. The van der Waals surface area contributed by atoms with Crippen LogP contribution in [0, 0.1) is 5.82 Å². The fraction of sp³-hybridized carbons (Fsp3) is 0.412. The summed E-state index contributed by atoms with van der Waals surface area (Å²) in [6.07, 6.45) is -0.510. The average molecular weight is 613 g/mol. The van der Waals surface area contributed by atoms with Gasteiger partial charge in [-0.3, -0.25) is 4.57 Å². The van der Waals surface area contributed by atoms with Gasteiger partial charge in [-0.2, -0.15) is 0 Å². The maximum absolute atomic E-state index is 16.3. The molecule has 44 heavy (non-hydrogen) atoms. The van der Waals surface area contributed by atoms with Crippen LogP contribution >= 0.6 is 11.3 Å². The minimum Gasteiger partial charge on any atom is -0.464 e. The van der Waals surface area contributed by atoms with Crippen LogP contribution in [0.25, 0.3) is 27.7 Å². The highest BCUT2D eigenvalue weighted by Gasteiger charge is 2.53. The molecule has 0 N–H and O–H groups in total. The van der Waals surface area contributed by atoms with Gasteiger partial charge in [0.2, 0.25) is 6.23 Å². The molecule has 6 nitrogen and oxygen atoms in total. The second kappa shape index (κ2) is 9.56. The zero-order valence-corrected chi connectivity index (χ0v) is 27.6. The first-order valence-electron chi connectivity index (χ1n) is 15.1. The van der Waals surface area contributed by atoms with E-state index in [9.17, 15) is 0 Å². The van der Waals surface area contributed by atoms with E-state index in [1.54, 1.807) is 11.3 Å². The average Bonchev–Trinajstić information content (AvgIpc) is 3.65. The van der Waals surface area contributed by atoms with Gasteiger partial charge in [0.15, 0.2) is 0 Å². The van der Waals surface area contributed by atoms with Crippen molar-refractivity contribution in [2.75, 3.05) is 0 Å². The lowest BCUT2D eigenvalue weighted by Gasteiger charge is -2.32. The number of fused-ring (bicyclic) bond motifs is 5. The van der Waals surface area contributed by atoms with Gasteiger partial charge in [0.05, 0.1) is 44.1 Å². The molecule has 1 atom stereocenters. The van der Waals surface area contributed by atoms with Gasteiger partial charge in [-0.05, 0) is 115 Å². The highest BCUT2D eigenvalue weighted by atomic mass is 32.1. The van der Waals surface area contributed by atoms with Gasteiger partial charge in [-0.1, -0.05) is 18.7 Å². The predicted molar refractivity (Wildman–Crippen MR) is 177 cm³/mol. The van der Waals surface area contributed by atoms with Crippen molar-refractivity contribution in [3.63, 3.8) is 0 Å². The van der Waals surface area contributed by atoms with Crippen molar-refractivity contribution in [2.24, 2.45) is 0 Å². The maximum atomic E-state index is 16.3. The lowest BCUT2D eigenvalue weighted by Crippen LogP contribution is -2.41. The van der Waals surface area contributed by atoms with Crippen molar-refractivity contribution in [3.05, 3.63) is 70.7 Å². The molecule has 0 bridgehead atoms. The maximum Gasteiger partial charge on any atom is 0.495 e. The smallest absolute Gasteiger partial charge is 0.464 e. The molecule has 4 aromatic rings. The molecule has 0 saturated carbocycles. The summed E-state index contributed by atoms with van der Waals surface area (Å²) in [5.41, 5.74) is 2.54. The molecule has 0 amide bonds. The number of ether oxygens (including phenoxy) is 1. The largest absolute Gasteiger partial charge is 0.495 e. The third-order valence-corrected chi connectivity index (χ3v) is 11.3. The molecule has 2 aromatic carbocycles. The number of aromatic nitrogens is 1. The summed E-state index contributed by atoms with van der Waals surface area (Å²) in [7, 11) is -1.22. The Kier molecular flexibility index (Phi) is 6.48. The van der Waals surface area contributed by atoms with E-state index in [1.807, 2.05) is 86.6 Å². The van der Waals surface area contributed by atoms with E-state index in [0.717, 1.165) is 37.4 Å². The van der Waals surface area contributed by atoms with Gasteiger partial charge >= 0.3 is 14.2 Å². The monoisotopic (exact) mass is 613 g/mol. The van der Waals surface area contributed by atoms with E-state index in [0.29, 0.717) is 16.8 Å². The van der Waals surface area contributed by atoms with Gasteiger partial charge in [-0.15, -0.1) is 11.3 Å². The number of hydrogen-bond donors (Lipinski definition) is 0. The molecule has 10 heteroatoms. The zero-order chi connectivity index (χ0) is 31.6. The van der Waals surface area contributed by atoms with Crippen LogP contribution in [0.2, 0.25) is 0 Å². The van der Waals surface area contributed by atoms with E-state index in [4.69, 9.17) is 23.4 Å². The molecule has 0 aliphatic carbocycles. The number of hydrogen-bond acceptors (Lipinski definition) is 6. The van der Waals surface area contributed by atoms with Gasteiger partial charge in [0, 0.05) is 10.3 Å². The van der Waals surface area contributed by atoms with E-state index < -0.39 is 48.7 Å². The van der Waals surface area contributed by atoms with Crippen molar-refractivity contribution >= 4 is 53.0 Å². The second-order valence-electron chi connectivity index (χ2n) is 14.2. The van der Waals surface area contributed by atoms with E-state index >= 15 is 4.39 Å². The minimum atomic E-state index is -0.714. The fourth-order valence-corrected chi connectivity index (χ4v) is 6.91. The summed E-state index contributed by atoms with van der Waals surface area (Å²) in [6, 6.07) is 15.7. The Labute approximate surface area is 263 Å². The predicted octanol–water partition coefficient (Wildman–Crippen LogP) is 7.08. The van der Waals surface area contributed by atoms with Crippen LogP contribution in [0.5, 0.6) is 5.75 Å². The standard InChI is InChI=1S/C34H38B2FNO5S/c1-19(2)27-13-14-28(44-27)30-38-24-12-11-21(35-40-31(3,4)32(5,6)41-35)15-20(24)16-25(38)29-23(37)17-22(18-26(29)39-30)36-42-33(7,8)34(9,10)43-36/h11-18,30H,1H2,2-10H3. The van der Waals surface area contributed by atoms with Crippen molar-refractivity contribution in [3.8, 4) is 17.0 Å². The lowest BCUT2D eigenvalue weighted by molar-refractivity contribution is 0.00578. The Hall–Kier alpha value is -2.88. The van der Waals surface area contributed by atoms with Crippen molar-refractivity contribution in [1.29, 1.82) is 0 Å². The topological polar surface area (TPSA) is 51.1 Å². The molecule has 7 rings (SSSR count). The molecule has 2 fully saturated rings. The van der Waals surface area contributed by atoms with E-state index in [1.165, 1.54) is 6.07 Å². The lowest BCUT2D eigenvalue weighted by atomic mass is 9.78. The Bertz CT molecular complexity index is 1810. The Morgan fingerprint density at radius 3 is 1.95 bits per heavy atom. The van der Waals surface area contributed by atoms with Crippen molar-refractivity contribution < 1.29 is 27.7 Å². The Morgan fingerprint density at radius 2 is 1.39 bits per heavy atom. The van der Waals surface area contributed by atoms with Crippen LogP contribution in [0.3, 0.4) is 0 Å². The zero-order valence-electron chi connectivity index (χ0n) is 26.8. The molecular formula is C34H38B2FNO5S. The molecule has 2 aromatic heterocycles. The normalized spacial score (nSPS) is 22.6. The van der Waals surface area contributed by atoms with Gasteiger partial charge in [0.25, 0.3) is 0 Å². The third kappa shape index (κ3) is 4.44. The van der Waals surface area contributed by atoms with Crippen LogP contribution in [0.15, 0.2) is 55.1 Å². The summed E-state index contributed by atoms with van der Waals surface area (Å²) in [5.74, 6) is 0.0566. The molecular weight excluding hydrogens is 575 g/mol. The Morgan fingerprint density at radius 1 is 0.795 bits per heavy atom. The van der Waals surface area contributed by atoms with Crippen LogP contribution in [-0.4, -0.2) is 41.2 Å². The van der Waals surface area contributed by atoms with Crippen LogP contribution in [0.4, 0.5) is 4.39 Å². The third-order valence-electron chi connectivity index (χ3n) is 10.0. The first kappa shape index (κ1) is 29.8. The van der Waals surface area contributed by atoms with Crippen LogP contribution < -0.4 is 15.7 Å². The van der Waals surface area contributed by atoms with Gasteiger partial charge < -0.3 is 23.4 Å². The summed E-state index contributed by atoms with van der Waals surface area (Å²) in [4.78, 5) is 2.07.